The van der Waals surface area contributed by atoms with Gasteiger partial charge in [-0.15, -0.1) is 0 Å². The largest absolute Gasteiger partial charge is 0.465 e. The van der Waals surface area contributed by atoms with Crippen LogP contribution in [0, 0.1) is 17.0 Å². The fourth-order valence-electron chi connectivity index (χ4n) is 3.29. The number of hydrogen-bond donors (Lipinski definition) is 1. The summed E-state index contributed by atoms with van der Waals surface area (Å²) < 4.78 is 12.6. The number of non-ortho nitro benzene ring substituents is 1. The van der Waals surface area contributed by atoms with Gasteiger partial charge in [0.1, 0.15) is 5.69 Å². The molecule has 1 N–H and O–H groups in total. The van der Waals surface area contributed by atoms with Gasteiger partial charge in [-0.1, -0.05) is 18.2 Å². The quantitative estimate of drug-likeness (QED) is 0.306. The van der Waals surface area contributed by atoms with Gasteiger partial charge in [0.25, 0.3) is 17.2 Å². The topological polar surface area (TPSA) is 152 Å². The van der Waals surface area contributed by atoms with Gasteiger partial charge in [0.2, 0.25) is 0 Å². The summed E-state index contributed by atoms with van der Waals surface area (Å²) in [7, 11) is 2.74. The van der Waals surface area contributed by atoms with Gasteiger partial charge >= 0.3 is 11.9 Å². The molecule has 1 heterocycles. The van der Waals surface area contributed by atoms with Crippen LogP contribution >= 0.6 is 0 Å². The van der Waals surface area contributed by atoms with E-state index in [9.17, 15) is 29.3 Å². The molecule has 0 fully saturated rings. The highest BCUT2D eigenvalue weighted by molar-refractivity contribution is 5.99. The molecular weight excluding hydrogens is 460 g/mol. The van der Waals surface area contributed by atoms with Crippen molar-refractivity contribution in [2.75, 3.05) is 12.4 Å². The lowest BCUT2D eigenvalue weighted by Crippen LogP contribution is -2.32. The van der Waals surface area contributed by atoms with E-state index in [0.717, 1.165) is 25.3 Å². The van der Waals surface area contributed by atoms with Crippen molar-refractivity contribution in [2.24, 2.45) is 7.05 Å². The lowest BCUT2D eigenvalue weighted by molar-refractivity contribution is -0.384. The van der Waals surface area contributed by atoms with Crippen LogP contribution in [0.4, 0.5) is 11.4 Å². The van der Waals surface area contributed by atoms with Crippen LogP contribution in [-0.2, 0) is 21.3 Å². The van der Waals surface area contributed by atoms with E-state index in [1.165, 1.54) is 11.6 Å². The summed E-state index contributed by atoms with van der Waals surface area (Å²) in [5, 5.41) is 13.7. The smallest absolute Gasteiger partial charge is 0.339 e. The number of nitro groups is 1. The van der Waals surface area contributed by atoms with Crippen molar-refractivity contribution in [2.45, 2.75) is 20.0 Å². The molecule has 3 aromatic rings. The van der Waals surface area contributed by atoms with Gasteiger partial charge in [-0.3, -0.25) is 24.4 Å². The Kier molecular flexibility index (Phi) is 7.14. The molecule has 1 aromatic heterocycles. The number of nitro benzene ring substituents is 1. The lowest BCUT2D eigenvalue weighted by atomic mass is 10.1. The SMILES string of the molecule is COC(=O)c1cc(C(=O)OC(C)C(=O)Nc2c(C)n(C)n(-c3ccccc3)c2=O)cc([N+](=O)[O-])c1. The number of esters is 2. The Hall–Kier alpha value is -4.74. The number of methoxy groups -OCH3 is 1. The molecule has 0 aliphatic carbocycles. The first kappa shape index (κ1) is 24.9. The summed E-state index contributed by atoms with van der Waals surface area (Å²) in [5.41, 5.74) is -0.494. The van der Waals surface area contributed by atoms with E-state index < -0.39 is 40.1 Å². The van der Waals surface area contributed by atoms with Crippen LogP contribution in [-0.4, -0.2) is 45.3 Å². The number of amides is 1. The fourth-order valence-corrected chi connectivity index (χ4v) is 3.29. The van der Waals surface area contributed by atoms with E-state index in [1.54, 1.807) is 49.0 Å². The van der Waals surface area contributed by atoms with Gasteiger partial charge < -0.3 is 14.8 Å². The maximum absolute atomic E-state index is 13.0. The molecule has 0 aliphatic heterocycles. The van der Waals surface area contributed by atoms with E-state index >= 15 is 0 Å². The molecule has 182 valence electrons. The molecule has 12 heteroatoms. The number of nitrogens with one attached hydrogen (secondary N) is 1. The molecule has 0 bridgehead atoms. The van der Waals surface area contributed by atoms with Crippen LogP contribution in [0.15, 0.2) is 53.3 Å². The Morgan fingerprint density at radius 3 is 2.23 bits per heavy atom. The van der Waals surface area contributed by atoms with Gasteiger partial charge in [-0.05, 0) is 32.0 Å². The zero-order valence-electron chi connectivity index (χ0n) is 19.3. The van der Waals surface area contributed by atoms with E-state index in [-0.39, 0.29) is 16.8 Å². The van der Waals surface area contributed by atoms with Gasteiger partial charge in [-0.25, -0.2) is 14.3 Å². The van der Waals surface area contributed by atoms with Crippen LogP contribution in [0.25, 0.3) is 5.69 Å². The molecule has 1 atom stereocenters. The minimum atomic E-state index is -1.37. The lowest BCUT2D eigenvalue weighted by Gasteiger charge is -2.13. The highest BCUT2D eigenvalue weighted by Crippen LogP contribution is 2.20. The third-order valence-corrected chi connectivity index (χ3v) is 5.24. The summed E-state index contributed by atoms with van der Waals surface area (Å²) in [6.07, 6.45) is -1.37. The van der Waals surface area contributed by atoms with Crippen LogP contribution in [0.3, 0.4) is 0 Å². The van der Waals surface area contributed by atoms with Crippen molar-refractivity contribution in [3.63, 3.8) is 0 Å². The number of benzene rings is 2. The van der Waals surface area contributed by atoms with Crippen molar-refractivity contribution in [1.82, 2.24) is 9.36 Å². The molecule has 0 radical (unpaired) electrons. The number of anilines is 1. The highest BCUT2D eigenvalue weighted by atomic mass is 16.6. The number of aromatic nitrogens is 2. The number of ether oxygens (including phenoxy) is 2. The summed E-state index contributed by atoms with van der Waals surface area (Å²) in [6, 6.07) is 11.7. The maximum atomic E-state index is 13.0. The zero-order valence-corrected chi connectivity index (χ0v) is 19.3. The van der Waals surface area contributed by atoms with Crippen molar-refractivity contribution in [3.8, 4) is 5.69 Å². The van der Waals surface area contributed by atoms with Crippen molar-refractivity contribution >= 4 is 29.2 Å². The third kappa shape index (κ3) is 5.11. The van der Waals surface area contributed by atoms with Gasteiger partial charge in [0.05, 0.1) is 34.5 Å². The second kappa shape index (κ2) is 10.0. The number of carbonyl (C=O) groups is 3. The molecule has 12 nitrogen and oxygen atoms in total. The first-order valence-corrected chi connectivity index (χ1v) is 10.3. The van der Waals surface area contributed by atoms with Gasteiger partial charge in [0, 0.05) is 19.2 Å². The number of nitrogens with zero attached hydrogens (tertiary/aromatic N) is 3. The van der Waals surface area contributed by atoms with Gasteiger partial charge in [-0.2, -0.15) is 0 Å². The fraction of sp³-hybridized carbons (Fsp3) is 0.217. The van der Waals surface area contributed by atoms with Crippen LogP contribution in [0.1, 0.15) is 33.3 Å². The van der Waals surface area contributed by atoms with Crippen molar-refractivity contribution in [1.29, 1.82) is 0 Å². The molecule has 0 spiro atoms. The minimum absolute atomic E-state index is 0.00702. The van der Waals surface area contributed by atoms with Crippen LogP contribution in [0.5, 0.6) is 0 Å². The molecule has 1 unspecified atom stereocenters. The Morgan fingerprint density at radius 1 is 1.06 bits per heavy atom. The average molecular weight is 482 g/mol. The molecule has 0 saturated carbocycles. The summed E-state index contributed by atoms with van der Waals surface area (Å²) in [6.45, 7) is 2.92. The second-order valence-corrected chi connectivity index (χ2v) is 7.49. The first-order chi connectivity index (χ1) is 16.5. The maximum Gasteiger partial charge on any atom is 0.339 e. The predicted octanol–water partition coefficient (Wildman–Crippen LogP) is 2.36. The van der Waals surface area contributed by atoms with E-state index in [0.29, 0.717) is 11.4 Å². The Morgan fingerprint density at radius 2 is 1.66 bits per heavy atom. The number of carbonyl (C=O) groups excluding carboxylic acids is 3. The Bertz CT molecular complexity index is 1370. The first-order valence-electron chi connectivity index (χ1n) is 10.3. The van der Waals surface area contributed by atoms with Crippen LogP contribution in [0.2, 0.25) is 0 Å². The molecule has 3 rings (SSSR count). The molecule has 35 heavy (non-hydrogen) atoms. The van der Waals surface area contributed by atoms with E-state index in [2.05, 4.69) is 10.1 Å². The molecule has 0 saturated heterocycles. The Labute approximate surface area is 198 Å². The monoisotopic (exact) mass is 482 g/mol. The van der Waals surface area contributed by atoms with E-state index in [4.69, 9.17) is 4.74 Å². The predicted molar refractivity (Wildman–Crippen MR) is 124 cm³/mol. The number of rotatable bonds is 7. The van der Waals surface area contributed by atoms with Crippen LogP contribution < -0.4 is 10.9 Å². The second-order valence-electron chi connectivity index (χ2n) is 7.49. The van der Waals surface area contributed by atoms with E-state index in [1.807, 2.05) is 0 Å². The summed E-state index contributed by atoms with van der Waals surface area (Å²) in [4.78, 5) is 60.4. The molecular formula is C23H22N4O8. The van der Waals surface area contributed by atoms with Crippen molar-refractivity contribution < 1.29 is 28.8 Å². The number of hydrogen-bond acceptors (Lipinski definition) is 8. The number of para-hydroxylation sites is 1. The average Bonchev–Trinajstić information content (AvgIpc) is 3.06. The molecule has 0 aliphatic rings. The highest BCUT2D eigenvalue weighted by Gasteiger charge is 2.25. The zero-order chi connectivity index (χ0) is 25.9. The molecule has 1 amide bonds. The third-order valence-electron chi connectivity index (χ3n) is 5.24. The molecule has 2 aromatic carbocycles. The van der Waals surface area contributed by atoms with Crippen molar-refractivity contribution in [3.05, 3.63) is 85.8 Å². The van der Waals surface area contributed by atoms with Gasteiger partial charge in [0.15, 0.2) is 6.10 Å². The Balaban J connectivity index is 1.82. The summed E-state index contributed by atoms with van der Waals surface area (Å²) in [5.74, 6) is -2.75. The summed E-state index contributed by atoms with van der Waals surface area (Å²) >= 11 is 0. The normalized spacial score (nSPS) is 11.4. The minimum Gasteiger partial charge on any atom is -0.465 e. The standard InChI is InChI=1S/C23H22N4O8/c1-13-19(21(29)26(25(13)3)17-8-6-5-7-9-17)24-20(28)14(2)35-23(31)16-10-15(22(30)34-4)11-18(12-16)27(32)33/h5-12,14H,1-4H3,(H,24,28).